The first kappa shape index (κ1) is 67.0. The summed E-state index contributed by atoms with van der Waals surface area (Å²) in [7, 11) is 0. The standard InChI is InChI=1S/C50H81N15O14/c1-7-26(6)40(47(76)62-31(18-24(2)3)42(71)58-30(49(78)79)10-8-16-57-50(55)56)64-46(75)36-11-9-17-65(36)48(77)35(19-25(4)5)63-45(74)34(23-39(54)69)61-43(72)32(20-27-12-14-28(66)15-13-27)60-44(73)33(22-38(53)68)59-41(70)29(51)21-37(52)67/h12-15,24-26,29-36,40,66H,7-11,16-23,51H2,1-6H3,(H2,52,67)(H2,53,68)(H2,54,69)(H,58,71)(H,59,70)(H,60,73)(H,61,72)(H,62,76)(H,63,74)(H,64,75)(H,78,79)(H4,55,56,57)/t26-,29-,30-,31-,32-,33-,34-,35-,36-,40-/m0/s1. The van der Waals surface area contributed by atoms with Crippen molar-refractivity contribution in [3.05, 3.63) is 29.8 Å². The van der Waals surface area contributed by atoms with Crippen LogP contribution in [0, 0.1) is 17.8 Å². The van der Waals surface area contributed by atoms with Crippen molar-refractivity contribution in [3.63, 3.8) is 0 Å². The highest BCUT2D eigenvalue weighted by atomic mass is 16.4. The van der Waals surface area contributed by atoms with Gasteiger partial charge >= 0.3 is 5.97 Å². The van der Waals surface area contributed by atoms with Crippen molar-refractivity contribution >= 4 is 76.9 Å². The Morgan fingerprint density at radius 1 is 0.620 bits per heavy atom. The van der Waals surface area contributed by atoms with Crippen molar-refractivity contribution in [1.82, 2.24) is 42.1 Å². The van der Waals surface area contributed by atoms with Crippen LogP contribution in [0.15, 0.2) is 29.3 Å². The van der Waals surface area contributed by atoms with E-state index in [-0.39, 0.29) is 75.2 Å². The molecule has 2 rings (SSSR count). The number of primary amides is 3. The summed E-state index contributed by atoms with van der Waals surface area (Å²) in [6.07, 6.45) is -1.47. The van der Waals surface area contributed by atoms with Gasteiger partial charge in [-0.15, -0.1) is 0 Å². The topological polar surface area (TPSA) is 501 Å². The minimum absolute atomic E-state index is 0.0154. The van der Waals surface area contributed by atoms with Crippen LogP contribution in [-0.2, 0) is 64.0 Å². The second-order valence-electron chi connectivity index (χ2n) is 20.5. The zero-order chi connectivity index (χ0) is 59.8. The fourth-order valence-corrected chi connectivity index (χ4v) is 8.45. The van der Waals surface area contributed by atoms with Crippen LogP contribution in [0.25, 0.3) is 0 Å². The highest BCUT2D eigenvalue weighted by Crippen LogP contribution is 2.22. The Kier molecular flexibility index (Phi) is 27.6. The van der Waals surface area contributed by atoms with E-state index in [4.69, 9.17) is 34.4 Å². The third-order valence-electron chi connectivity index (χ3n) is 12.7. The summed E-state index contributed by atoms with van der Waals surface area (Å²) >= 11 is 0. The summed E-state index contributed by atoms with van der Waals surface area (Å²) < 4.78 is 0. The number of aromatic hydroxyl groups is 1. The lowest BCUT2D eigenvalue weighted by atomic mass is 9.96. The molecule has 0 aliphatic carbocycles. The lowest BCUT2D eigenvalue weighted by Crippen LogP contribution is -2.61. The Bertz CT molecular complexity index is 2360. The number of nitrogens with one attached hydrogen (secondary N) is 7. The minimum atomic E-state index is -1.79. The predicted molar refractivity (Wildman–Crippen MR) is 285 cm³/mol. The van der Waals surface area contributed by atoms with Crippen LogP contribution in [0.1, 0.15) is 111 Å². The first-order valence-corrected chi connectivity index (χ1v) is 26.0. The molecule has 79 heavy (non-hydrogen) atoms. The molecule has 1 aromatic carbocycles. The number of rotatable bonds is 34. The fourth-order valence-electron chi connectivity index (χ4n) is 8.45. The Labute approximate surface area is 458 Å². The Morgan fingerprint density at radius 2 is 1.09 bits per heavy atom. The monoisotopic (exact) mass is 1120 g/mol. The van der Waals surface area contributed by atoms with Crippen LogP contribution in [0.4, 0.5) is 0 Å². The number of phenols is 1. The van der Waals surface area contributed by atoms with Crippen molar-refractivity contribution in [2.75, 3.05) is 13.1 Å². The second kappa shape index (κ2) is 32.6. The summed E-state index contributed by atoms with van der Waals surface area (Å²) in [5.74, 6) is -13.0. The number of likely N-dealkylation sites (tertiary alicyclic amines) is 1. The molecule has 11 amide bonds. The maximum absolute atomic E-state index is 14.6. The van der Waals surface area contributed by atoms with Crippen LogP contribution >= 0.6 is 0 Å². The number of guanidine groups is 1. The molecular weight excluding hydrogens is 1030 g/mol. The smallest absolute Gasteiger partial charge is 0.326 e. The summed E-state index contributed by atoms with van der Waals surface area (Å²) in [6.45, 7) is 10.7. The van der Waals surface area contributed by atoms with E-state index in [1.165, 1.54) is 29.2 Å². The lowest BCUT2D eigenvalue weighted by molar-refractivity contribution is -0.143. The van der Waals surface area contributed by atoms with Gasteiger partial charge in [-0.1, -0.05) is 60.1 Å². The SMILES string of the molecule is CC[C@H](C)[C@H](NC(=O)[C@@H]1CCCN1C(=O)[C@H](CC(C)C)NC(=O)[C@H](CC(N)=O)NC(=O)[C@H](Cc1ccc(O)cc1)NC(=O)[C@H](CC(N)=O)NC(=O)[C@@H](N)CC(N)=O)C(=O)N[C@@H](CC(C)C)C(=O)N[C@@H](CCCN=C(N)N)C(=O)O. The lowest BCUT2D eigenvalue weighted by Gasteiger charge is -2.32. The van der Waals surface area contributed by atoms with Crippen molar-refractivity contribution in [2.24, 2.45) is 57.1 Å². The first-order valence-electron chi connectivity index (χ1n) is 26.0. The maximum atomic E-state index is 14.6. The molecule has 0 bridgehead atoms. The average molecular weight is 1120 g/mol. The van der Waals surface area contributed by atoms with Crippen molar-refractivity contribution < 1.29 is 67.7 Å². The number of hydrogen-bond donors (Lipinski definition) is 15. The molecule has 29 nitrogen and oxygen atoms in total. The molecule has 0 unspecified atom stereocenters. The molecule has 0 spiro atoms. The van der Waals surface area contributed by atoms with E-state index < -0.39 is 151 Å². The van der Waals surface area contributed by atoms with Crippen molar-refractivity contribution in [2.45, 2.75) is 167 Å². The Morgan fingerprint density at radius 3 is 1.59 bits per heavy atom. The zero-order valence-corrected chi connectivity index (χ0v) is 45.6. The molecule has 1 heterocycles. The fraction of sp³-hybridized carbons (Fsp3) is 0.620. The minimum Gasteiger partial charge on any atom is -0.508 e. The van der Waals surface area contributed by atoms with Crippen molar-refractivity contribution in [1.29, 1.82) is 0 Å². The van der Waals surface area contributed by atoms with Gasteiger partial charge < -0.3 is 86.7 Å². The molecule has 21 N–H and O–H groups in total. The van der Waals surface area contributed by atoms with E-state index in [0.29, 0.717) is 18.4 Å². The number of carboxylic acids is 1. The van der Waals surface area contributed by atoms with Crippen LogP contribution < -0.4 is 71.6 Å². The van der Waals surface area contributed by atoms with Gasteiger partial charge in [-0.25, -0.2) is 4.79 Å². The van der Waals surface area contributed by atoms with E-state index in [0.717, 1.165) is 0 Å². The van der Waals surface area contributed by atoms with Gasteiger partial charge in [0.15, 0.2) is 5.96 Å². The van der Waals surface area contributed by atoms with Gasteiger partial charge in [-0.2, -0.15) is 0 Å². The normalized spacial score (nSPS) is 16.5. The molecule has 1 aromatic rings. The summed E-state index contributed by atoms with van der Waals surface area (Å²) in [5.41, 5.74) is 32.8. The number of amides is 11. The van der Waals surface area contributed by atoms with Crippen LogP contribution in [0.5, 0.6) is 5.75 Å². The van der Waals surface area contributed by atoms with E-state index >= 15 is 0 Å². The Balaban J connectivity index is 2.43. The maximum Gasteiger partial charge on any atom is 0.326 e. The number of carbonyl (C=O) groups excluding carboxylic acids is 11. The highest BCUT2D eigenvalue weighted by Gasteiger charge is 2.41. The molecule has 10 atom stereocenters. The van der Waals surface area contributed by atoms with Crippen LogP contribution in [-0.4, -0.2) is 159 Å². The van der Waals surface area contributed by atoms with E-state index in [2.05, 4.69) is 42.2 Å². The van der Waals surface area contributed by atoms with Gasteiger partial charge in [-0.3, -0.25) is 57.7 Å². The number of nitrogens with two attached hydrogens (primary N) is 6. The van der Waals surface area contributed by atoms with E-state index in [1.54, 1.807) is 41.5 Å². The van der Waals surface area contributed by atoms with Gasteiger partial charge in [0.1, 0.15) is 54.1 Å². The largest absolute Gasteiger partial charge is 0.508 e. The molecule has 1 fully saturated rings. The van der Waals surface area contributed by atoms with Crippen LogP contribution in [0.3, 0.4) is 0 Å². The number of carbonyl (C=O) groups is 12. The number of hydrogen-bond acceptors (Lipinski definition) is 15. The summed E-state index contributed by atoms with van der Waals surface area (Å²) in [6, 6.07) is -7.66. The highest BCUT2D eigenvalue weighted by molar-refractivity contribution is 6.00. The molecule has 29 heteroatoms. The summed E-state index contributed by atoms with van der Waals surface area (Å²) in [4.78, 5) is 164. The van der Waals surface area contributed by atoms with Gasteiger partial charge in [0.25, 0.3) is 0 Å². The number of carboxylic acid groups (broad SMARTS) is 1. The molecule has 0 saturated carbocycles. The number of phenolic OH excluding ortho intramolecular Hbond substituents is 1. The van der Waals surface area contributed by atoms with Crippen LogP contribution in [0.2, 0.25) is 0 Å². The molecule has 1 aliphatic heterocycles. The summed E-state index contributed by atoms with van der Waals surface area (Å²) in [5, 5.41) is 37.2. The van der Waals surface area contributed by atoms with Gasteiger partial charge in [0, 0.05) is 19.5 Å². The quantitative estimate of drug-likeness (QED) is 0.0176. The number of nitrogens with zero attached hydrogens (tertiary/aromatic N) is 2. The molecule has 440 valence electrons. The second-order valence-corrected chi connectivity index (χ2v) is 20.5. The molecule has 0 radical (unpaired) electrons. The van der Waals surface area contributed by atoms with E-state index in [9.17, 15) is 67.7 Å². The Hall–Kier alpha value is -8.11. The number of aliphatic imine (C=N–C) groups is 1. The van der Waals surface area contributed by atoms with Gasteiger partial charge in [0.05, 0.1) is 25.3 Å². The predicted octanol–water partition coefficient (Wildman–Crippen LogP) is -4.45. The van der Waals surface area contributed by atoms with Gasteiger partial charge in [0.2, 0.25) is 65.0 Å². The number of benzene rings is 1. The molecule has 0 aromatic heterocycles. The third kappa shape index (κ3) is 23.6. The first-order chi connectivity index (χ1) is 36.9. The molecule has 1 saturated heterocycles. The van der Waals surface area contributed by atoms with E-state index in [1.807, 2.05) is 0 Å². The molecular formula is C50H81N15O14. The van der Waals surface area contributed by atoms with Crippen molar-refractivity contribution in [3.8, 4) is 5.75 Å². The molecule has 1 aliphatic rings. The zero-order valence-electron chi connectivity index (χ0n) is 45.6. The average Bonchev–Trinajstić information content (AvgIpc) is 3.86. The third-order valence-corrected chi connectivity index (χ3v) is 12.7. The number of aliphatic carboxylic acids is 1. The van der Waals surface area contributed by atoms with Gasteiger partial charge in [-0.05, 0) is 74.0 Å².